The van der Waals surface area contributed by atoms with Crippen LogP contribution in [0.5, 0.6) is 0 Å². The molecule has 0 aromatic heterocycles. The van der Waals surface area contributed by atoms with Crippen LogP contribution >= 0.6 is 31.4 Å². The fourth-order valence-electron chi connectivity index (χ4n) is 4.22. The van der Waals surface area contributed by atoms with Crippen LogP contribution in [0, 0.1) is 23.7 Å². The number of fused-ring (bicyclic) bond motifs is 2. The van der Waals surface area contributed by atoms with Gasteiger partial charge in [0.25, 0.3) is 0 Å². The number of rotatable bonds is 11. The van der Waals surface area contributed by atoms with Gasteiger partial charge in [-0.1, -0.05) is 72.1 Å². The number of aliphatic hydroxyl groups excluding tert-OH is 1. The minimum atomic E-state index is -2.40. The van der Waals surface area contributed by atoms with Gasteiger partial charge in [-0.2, -0.15) is 0 Å². The molecule has 2 aliphatic carbocycles. The standard InChI is InChI=1S/C29H39NO7S3Si/c1-9-41(10-2,11-3)37-29-18-15-13-12-14-16-22(31)24(21(29)17-19-39-40-38-8)25(30-26(32)34-7)23(20-29)35-27(33)36-28(4,5)6/h12-13,17,20,22,31H,9-11,19H2,1-8H3,(H,30,32)/b13-12-,21-17+/t22-,29-/m1/s1. The fraction of sp³-hybridized carbons (Fsp3) is 0.517. The van der Waals surface area contributed by atoms with Crippen molar-refractivity contribution in [3.8, 4) is 23.7 Å². The number of ether oxygens (including phenoxy) is 3. The van der Waals surface area contributed by atoms with Crippen molar-refractivity contribution in [2.45, 2.75) is 77.0 Å². The van der Waals surface area contributed by atoms with Gasteiger partial charge in [0.1, 0.15) is 11.7 Å². The molecule has 0 spiro atoms. The molecule has 2 bridgehead atoms. The first-order valence-corrected chi connectivity index (χ1v) is 19.8. The number of hydrogen-bond acceptors (Lipinski definition) is 10. The molecular weight excluding hydrogens is 599 g/mol. The van der Waals surface area contributed by atoms with Crippen LogP contribution in [0.2, 0.25) is 18.1 Å². The van der Waals surface area contributed by atoms with Crippen LogP contribution in [0.3, 0.4) is 0 Å². The topological polar surface area (TPSA) is 103 Å². The van der Waals surface area contributed by atoms with E-state index in [1.54, 1.807) is 70.4 Å². The summed E-state index contributed by atoms with van der Waals surface area (Å²) >= 11 is 0. The highest BCUT2D eigenvalue weighted by molar-refractivity contribution is 9.09. The maximum atomic E-state index is 12.9. The van der Waals surface area contributed by atoms with E-state index in [9.17, 15) is 14.7 Å². The van der Waals surface area contributed by atoms with E-state index in [-0.39, 0.29) is 17.0 Å². The minimum Gasteiger partial charge on any atom is -0.453 e. The fourth-order valence-corrected chi connectivity index (χ4v) is 9.46. The van der Waals surface area contributed by atoms with Gasteiger partial charge in [0.15, 0.2) is 19.7 Å². The second-order valence-electron chi connectivity index (χ2n) is 9.99. The molecule has 0 saturated carbocycles. The molecule has 41 heavy (non-hydrogen) atoms. The minimum absolute atomic E-state index is 0.0145. The lowest BCUT2D eigenvalue weighted by Crippen LogP contribution is -2.50. The number of allylic oxidation sites excluding steroid dienone is 2. The van der Waals surface area contributed by atoms with E-state index in [0.29, 0.717) is 11.3 Å². The Morgan fingerprint density at radius 1 is 1.17 bits per heavy atom. The van der Waals surface area contributed by atoms with Gasteiger partial charge in [-0.15, -0.1) is 0 Å². The number of carbonyl (C=O) groups is 2. The summed E-state index contributed by atoms with van der Waals surface area (Å²) in [5, 5.41) is 14.1. The van der Waals surface area contributed by atoms with E-state index in [2.05, 4.69) is 49.8 Å². The van der Waals surface area contributed by atoms with Crippen molar-refractivity contribution in [1.82, 2.24) is 5.32 Å². The van der Waals surface area contributed by atoms with Gasteiger partial charge in [-0.3, -0.25) is 5.32 Å². The molecule has 12 heteroatoms. The second-order valence-corrected chi connectivity index (χ2v) is 19.1. The molecule has 1 amide bonds. The summed E-state index contributed by atoms with van der Waals surface area (Å²) in [5.74, 6) is 12.3. The summed E-state index contributed by atoms with van der Waals surface area (Å²) in [6.07, 6.45) is 5.42. The predicted octanol–water partition coefficient (Wildman–Crippen LogP) is 6.73. The third kappa shape index (κ3) is 9.67. The van der Waals surface area contributed by atoms with Crippen molar-refractivity contribution < 1.29 is 33.3 Å². The Balaban J connectivity index is 3.00. The van der Waals surface area contributed by atoms with Crippen molar-refractivity contribution in [3.05, 3.63) is 46.9 Å². The van der Waals surface area contributed by atoms with E-state index in [1.165, 1.54) is 7.11 Å². The first kappa shape index (κ1) is 35.0. The zero-order valence-electron chi connectivity index (χ0n) is 24.8. The number of alkyl carbamates (subject to hydrolysis) is 1. The number of nitrogens with one attached hydrogen (secondary N) is 1. The lowest BCUT2D eigenvalue weighted by Gasteiger charge is -2.43. The zero-order valence-corrected chi connectivity index (χ0v) is 28.3. The summed E-state index contributed by atoms with van der Waals surface area (Å²) in [6.45, 7) is 11.4. The Kier molecular flexibility index (Phi) is 13.6. The Morgan fingerprint density at radius 3 is 2.41 bits per heavy atom. The second kappa shape index (κ2) is 15.9. The van der Waals surface area contributed by atoms with Crippen LogP contribution in [0.4, 0.5) is 9.59 Å². The first-order valence-electron chi connectivity index (χ1n) is 13.2. The highest BCUT2D eigenvalue weighted by Crippen LogP contribution is 2.44. The molecule has 2 atom stereocenters. The first-order chi connectivity index (χ1) is 19.4. The summed E-state index contributed by atoms with van der Waals surface area (Å²) in [5.41, 5.74) is -1.52. The molecule has 2 aliphatic rings. The van der Waals surface area contributed by atoms with Crippen molar-refractivity contribution in [3.63, 3.8) is 0 Å². The van der Waals surface area contributed by atoms with Crippen LogP contribution in [0.1, 0.15) is 41.5 Å². The monoisotopic (exact) mass is 637 g/mol. The Morgan fingerprint density at radius 2 is 1.83 bits per heavy atom. The van der Waals surface area contributed by atoms with Gasteiger partial charge in [-0.05, 0) is 67.1 Å². The van der Waals surface area contributed by atoms with E-state index < -0.39 is 37.9 Å². The molecule has 0 saturated heterocycles. The summed E-state index contributed by atoms with van der Waals surface area (Å²) in [7, 11) is 3.64. The van der Waals surface area contributed by atoms with Crippen LogP contribution < -0.4 is 5.32 Å². The summed E-state index contributed by atoms with van der Waals surface area (Å²) in [4.78, 5) is 25.5. The average Bonchev–Trinajstić information content (AvgIpc) is 2.92. The largest absolute Gasteiger partial charge is 0.514 e. The highest BCUT2D eigenvalue weighted by Gasteiger charge is 2.48. The maximum Gasteiger partial charge on any atom is 0.514 e. The van der Waals surface area contributed by atoms with Gasteiger partial charge in [0, 0.05) is 23.0 Å². The molecule has 2 rings (SSSR count). The van der Waals surface area contributed by atoms with Crippen molar-refractivity contribution >= 4 is 52.0 Å². The molecule has 8 nitrogen and oxygen atoms in total. The molecule has 0 aromatic carbocycles. The lowest BCUT2D eigenvalue weighted by atomic mass is 9.79. The van der Waals surface area contributed by atoms with Gasteiger partial charge < -0.3 is 23.7 Å². The normalized spacial score (nSPS) is 21.9. The van der Waals surface area contributed by atoms with E-state index in [0.717, 1.165) is 18.1 Å². The van der Waals surface area contributed by atoms with Crippen LogP contribution in [0.25, 0.3) is 0 Å². The number of amides is 1. The van der Waals surface area contributed by atoms with Crippen LogP contribution in [-0.2, 0) is 18.6 Å². The Hall–Kier alpha value is -2.19. The van der Waals surface area contributed by atoms with Gasteiger partial charge >= 0.3 is 12.2 Å². The molecule has 0 unspecified atom stereocenters. The quantitative estimate of drug-likeness (QED) is 0.0833. The lowest BCUT2D eigenvalue weighted by molar-refractivity contribution is 0.00608. The number of carbonyl (C=O) groups excluding carboxylic acids is 2. The smallest absolute Gasteiger partial charge is 0.453 e. The Labute approximate surface area is 256 Å². The molecular formula is C29H39NO7S3Si. The zero-order chi connectivity index (χ0) is 30.7. The van der Waals surface area contributed by atoms with Crippen LogP contribution in [0.15, 0.2) is 46.9 Å². The molecule has 0 radical (unpaired) electrons. The maximum absolute atomic E-state index is 12.9. The highest BCUT2D eigenvalue weighted by atomic mass is 33.5. The third-order valence-corrected chi connectivity index (χ3v) is 14.7. The molecule has 0 aromatic rings. The van der Waals surface area contributed by atoms with Crippen LogP contribution in [-0.4, -0.2) is 62.1 Å². The average molecular weight is 638 g/mol. The molecule has 0 heterocycles. The molecule has 224 valence electrons. The Bertz CT molecular complexity index is 1220. The number of methoxy groups -OCH3 is 1. The molecule has 0 aliphatic heterocycles. The van der Waals surface area contributed by atoms with Gasteiger partial charge in [0.05, 0.1) is 12.8 Å². The summed E-state index contributed by atoms with van der Waals surface area (Å²) < 4.78 is 23.2. The van der Waals surface area contributed by atoms with Crippen molar-refractivity contribution in [2.75, 3.05) is 19.1 Å². The van der Waals surface area contributed by atoms with E-state index in [1.807, 2.05) is 12.3 Å². The van der Waals surface area contributed by atoms with E-state index >= 15 is 0 Å². The van der Waals surface area contributed by atoms with Crippen molar-refractivity contribution in [2.24, 2.45) is 0 Å². The number of aliphatic hydroxyl groups is 1. The van der Waals surface area contributed by atoms with E-state index in [4.69, 9.17) is 18.6 Å². The predicted molar refractivity (Wildman–Crippen MR) is 171 cm³/mol. The molecule has 0 fully saturated rings. The van der Waals surface area contributed by atoms with Crippen molar-refractivity contribution in [1.29, 1.82) is 0 Å². The molecule has 2 N–H and O–H groups in total. The van der Waals surface area contributed by atoms with Gasteiger partial charge in [0.2, 0.25) is 0 Å². The summed E-state index contributed by atoms with van der Waals surface area (Å²) in [6, 6.07) is 2.44. The SMILES string of the molecule is CC[Si](CC)(CC)O[C@]12C#C/C=C\C#C[C@@H](O)C(=C(NC(=O)OC)C(OC(=O)OC(C)(C)C)=C1)/C2=C\CSSSC. The third-order valence-electron chi connectivity index (χ3n) is 6.32. The van der Waals surface area contributed by atoms with Gasteiger partial charge in [-0.25, -0.2) is 9.59 Å². The number of hydrogen-bond donors (Lipinski definition) is 2.